The number of anilines is 1. The van der Waals surface area contributed by atoms with Crippen molar-refractivity contribution in [3.8, 4) is 0 Å². The van der Waals surface area contributed by atoms with Crippen LogP contribution in [0.15, 0.2) is 0 Å². The molecule has 1 heterocycles. The first-order valence-corrected chi connectivity index (χ1v) is 6.61. The molecular formula is C13H20N4O2. The van der Waals surface area contributed by atoms with Crippen LogP contribution in [0.4, 0.5) is 5.95 Å². The van der Waals surface area contributed by atoms with Crippen LogP contribution in [0.2, 0.25) is 0 Å². The van der Waals surface area contributed by atoms with Crippen molar-refractivity contribution in [2.45, 2.75) is 52.5 Å². The van der Waals surface area contributed by atoms with Gasteiger partial charge >= 0.3 is 5.97 Å². The lowest BCUT2D eigenvalue weighted by atomic mass is 9.72. The predicted molar refractivity (Wildman–Crippen MR) is 70.9 cm³/mol. The van der Waals surface area contributed by atoms with E-state index in [-0.39, 0.29) is 6.04 Å². The molecule has 0 radical (unpaired) electrons. The summed E-state index contributed by atoms with van der Waals surface area (Å²) in [6, 6.07) is -0.150. The first-order chi connectivity index (χ1) is 8.93. The van der Waals surface area contributed by atoms with E-state index in [9.17, 15) is 9.90 Å². The summed E-state index contributed by atoms with van der Waals surface area (Å²) in [7, 11) is 0. The molecule has 2 N–H and O–H groups in total. The normalized spacial score (nSPS) is 27.0. The summed E-state index contributed by atoms with van der Waals surface area (Å²) in [5.41, 5.74) is 0.834. The highest BCUT2D eigenvalue weighted by atomic mass is 16.4. The van der Waals surface area contributed by atoms with Crippen molar-refractivity contribution in [2.24, 2.45) is 5.41 Å². The fourth-order valence-corrected chi connectivity index (χ4v) is 2.49. The molecule has 0 aliphatic heterocycles. The SMILES string of the molecule is Cc1nnc(NC2CCCCC2(C)C(=O)O)nc1C. The second-order valence-corrected chi connectivity index (χ2v) is 5.47. The van der Waals surface area contributed by atoms with Crippen LogP contribution in [0, 0.1) is 19.3 Å². The van der Waals surface area contributed by atoms with E-state index < -0.39 is 11.4 Å². The molecule has 104 valence electrons. The zero-order valence-corrected chi connectivity index (χ0v) is 11.6. The summed E-state index contributed by atoms with van der Waals surface area (Å²) in [6.45, 7) is 5.51. The molecule has 0 bridgehead atoms. The van der Waals surface area contributed by atoms with E-state index in [2.05, 4.69) is 20.5 Å². The summed E-state index contributed by atoms with van der Waals surface area (Å²) in [5.74, 6) is -0.344. The van der Waals surface area contributed by atoms with Crippen LogP contribution in [-0.4, -0.2) is 32.3 Å². The lowest BCUT2D eigenvalue weighted by Gasteiger charge is -2.38. The van der Waals surface area contributed by atoms with Crippen LogP contribution in [0.5, 0.6) is 0 Å². The molecule has 1 saturated carbocycles. The van der Waals surface area contributed by atoms with Gasteiger partial charge in [-0.3, -0.25) is 4.79 Å². The van der Waals surface area contributed by atoms with Crippen molar-refractivity contribution in [1.82, 2.24) is 15.2 Å². The Kier molecular flexibility index (Phi) is 3.68. The smallest absolute Gasteiger partial charge is 0.311 e. The molecule has 1 fully saturated rings. The monoisotopic (exact) mass is 264 g/mol. The molecule has 0 spiro atoms. The van der Waals surface area contributed by atoms with E-state index in [0.717, 1.165) is 30.7 Å². The molecule has 2 unspecified atom stereocenters. The first kappa shape index (κ1) is 13.7. The van der Waals surface area contributed by atoms with Crippen molar-refractivity contribution in [3.05, 3.63) is 11.4 Å². The van der Waals surface area contributed by atoms with E-state index in [1.807, 2.05) is 13.8 Å². The van der Waals surface area contributed by atoms with Gasteiger partial charge in [-0.25, -0.2) is 4.98 Å². The summed E-state index contributed by atoms with van der Waals surface area (Å²) in [6.07, 6.45) is 3.48. The van der Waals surface area contributed by atoms with Gasteiger partial charge in [0, 0.05) is 6.04 Å². The molecule has 1 aromatic rings. The number of rotatable bonds is 3. The number of carboxylic acids is 1. The topological polar surface area (TPSA) is 88.0 Å². The number of aliphatic carboxylic acids is 1. The van der Waals surface area contributed by atoms with Gasteiger partial charge in [0.2, 0.25) is 5.95 Å². The summed E-state index contributed by atoms with van der Waals surface area (Å²) in [5, 5.41) is 20.6. The molecule has 0 aromatic carbocycles. The Balaban J connectivity index is 2.20. The fraction of sp³-hybridized carbons (Fsp3) is 0.692. The Bertz CT molecular complexity index is 492. The van der Waals surface area contributed by atoms with Crippen LogP contribution < -0.4 is 5.32 Å². The van der Waals surface area contributed by atoms with Crippen molar-refractivity contribution < 1.29 is 9.90 Å². The van der Waals surface area contributed by atoms with Crippen molar-refractivity contribution in [2.75, 3.05) is 5.32 Å². The first-order valence-electron chi connectivity index (χ1n) is 6.61. The largest absolute Gasteiger partial charge is 0.481 e. The van der Waals surface area contributed by atoms with E-state index in [0.29, 0.717) is 12.4 Å². The molecule has 0 saturated heterocycles. The highest BCUT2D eigenvalue weighted by molar-refractivity contribution is 5.76. The number of carbonyl (C=O) groups is 1. The minimum Gasteiger partial charge on any atom is -0.481 e. The Morgan fingerprint density at radius 3 is 2.68 bits per heavy atom. The van der Waals surface area contributed by atoms with Gasteiger partial charge in [-0.15, -0.1) is 5.10 Å². The quantitative estimate of drug-likeness (QED) is 0.867. The van der Waals surface area contributed by atoms with E-state index in [1.54, 1.807) is 6.92 Å². The zero-order chi connectivity index (χ0) is 14.0. The van der Waals surface area contributed by atoms with Crippen molar-refractivity contribution in [1.29, 1.82) is 0 Å². The third-order valence-corrected chi connectivity index (χ3v) is 4.09. The van der Waals surface area contributed by atoms with Gasteiger partial charge < -0.3 is 10.4 Å². The summed E-state index contributed by atoms with van der Waals surface area (Å²) in [4.78, 5) is 15.8. The maximum atomic E-state index is 11.5. The highest BCUT2D eigenvalue weighted by Crippen LogP contribution is 2.37. The van der Waals surface area contributed by atoms with Gasteiger partial charge in [-0.1, -0.05) is 12.8 Å². The maximum Gasteiger partial charge on any atom is 0.311 e. The molecule has 6 nitrogen and oxygen atoms in total. The maximum absolute atomic E-state index is 11.5. The number of aromatic nitrogens is 3. The average Bonchev–Trinajstić information content (AvgIpc) is 2.36. The third kappa shape index (κ3) is 2.67. The number of nitrogens with one attached hydrogen (secondary N) is 1. The molecule has 1 aliphatic carbocycles. The van der Waals surface area contributed by atoms with Crippen LogP contribution >= 0.6 is 0 Å². The van der Waals surface area contributed by atoms with E-state index in [1.165, 1.54) is 0 Å². The molecule has 1 aliphatic rings. The van der Waals surface area contributed by atoms with Crippen LogP contribution in [0.1, 0.15) is 44.0 Å². The molecule has 6 heteroatoms. The van der Waals surface area contributed by atoms with Crippen LogP contribution in [0.3, 0.4) is 0 Å². The summed E-state index contributed by atoms with van der Waals surface area (Å²) < 4.78 is 0. The van der Waals surface area contributed by atoms with Gasteiger partial charge in [0.25, 0.3) is 0 Å². The van der Waals surface area contributed by atoms with Gasteiger partial charge in [0.15, 0.2) is 0 Å². The van der Waals surface area contributed by atoms with Gasteiger partial charge in [0.1, 0.15) is 0 Å². The van der Waals surface area contributed by atoms with E-state index in [4.69, 9.17) is 0 Å². The fourth-order valence-electron chi connectivity index (χ4n) is 2.49. The number of carboxylic acid groups (broad SMARTS) is 1. The average molecular weight is 264 g/mol. The predicted octanol–water partition coefficient (Wildman–Crippen LogP) is 1.93. The summed E-state index contributed by atoms with van der Waals surface area (Å²) >= 11 is 0. The molecular weight excluding hydrogens is 244 g/mol. The van der Waals surface area contributed by atoms with Gasteiger partial charge in [-0.2, -0.15) is 5.10 Å². The Morgan fingerprint density at radius 1 is 1.32 bits per heavy atom. The second-order valence-electron chi connectivity index (χ2n) is 5.47. The van der Waals surface area contributed by atoms with Crippen LogP contribution in [-0.2, 0) is 4.79 Å². The number of nitrogens with zero attached hydrogens (tertiary/aromatic N) is 3. The molecule has 2 rings (SSSR count). The second kappa shape index (κ2) is 5.11. The number of hydrogen-bond donors (Lipinski definition) is 2. The van der Waals surface area contributed by atoms with Crippen molar-refractivity contribution >= 4 is 11.9 Å². The third-order valence-electron chi connectivity index (χ3n) is 4.09. The highest BCUT2D eigenvalue weighted by Gasteiger charge is 2.43. The Hall–Kier alpha value is -1.72. The lowest BCUT2D eigenvalue weighted by Crippen LogP contribution is -2.47. The van der Waals surface area contributed by atoms with Crippen LogP contribution in [0.25, 0.3) is 0 Å². The van der Waals surface area contributed by atoms with Crippen molar-refractivity contribution in [3.63, 3.8) is 0 Å². The molecule has 0 amide bonds. The Morgan fingerprint density at radius 2 is 2.05 bits per heavy atom. The molecule has 2 atom stereocenters. The number of aryl methyl sites for hydroxylation is 2. The van der Waals surface area contributed by atoms with E-state index >= 15 is 0 Å². The van der Waals surface area contributed by atoms with Gasteiger partial charge in [0.05, 0.1) is 16.8 Å². The molecule has 1 aromatic heterocycles. The van der Waals surface area contributed by atoms with Gasteiger partial charge in [-0.05, 0) is 33.6 Å². The minimum absolute atomic E-state index is 0.150. The lowest BCUT2D eigenvalue weighted by molar-refractivity contribution is -0.150. The zero-order valence-electron chi connectivity index (χ0n) is 11.6. The minimum atomic E-state index is -0.763. The standard InChI is InChI=1S/C13H20N4O2/c1-8-9(2)16-17-12(14-8)15-10-6-4-5-7-13(10,3)11(18)19/h10H,4-7H2,1-3H3,(H,18,19)(H,14,15,17). The number of hydrogen-bond acceptors (Lipinski definition) is 5. The molecule has 19 heavy (non-hydrogen) atoms. The Labute approximate surface area is 112 Å².